The summed E-state index contributed by atoms with van der Waals surface area (Å²) in [4.78, 5) is 7.38. The van der Waals surface area contributed by atoms with Gasteiger partial charge in [-0.1, -0.05) is 0 Å². The van der Waals surface area contributed by atoms with Gasteiger partial charge < -0.3 is 14.9 Å². The second-order valence-corrected chi connectivity index (χ2v) is 4.95. The van der Waals surface area contributed by atoms with Crippen molar-refractivity contribution in [1.29, 1.82) is 0 Å². The molecule has 0 amide bonds. The Labute approximate surface area is 92.5 Å². The highest BCUT2D eigenvalue weighted by atomic mass is 16.3. The van der Waals surface area contributed by atoms with Crippen LogP contribution in [0.2, 0.25) is 0 Å². The van der Waals surface area contributed by atoms with Crippen LogP contribution in [0, 0.1) is 5.92 Å². The molecule has 0 unspecified atom stereocenters. The molecular weight excluding hydrogens is 190 g/mol. The van der Waals surface area contributed by atoms with Crippen LogP contribution in [0.5, 0.6) is 0 Å². The maximum absolute atomic E-state index is 8.91. The first-order valence-electron chi connectivity index (χ1n) is 6.02. The van der Waals surface area contributed by atoms with Crippen LogP contribution in [0.1, 0.15) is 0 Å². The Morgan fingerprint density at radius 3 is 2.20 bits per heavy atom. The van der Waals surface area contributed by atoms with Crippen molar-refractivity contribution in [2.45, 2.75) is 0 Å². The van der Waals surface area contributed by atoms with Crippen LogP contribution in [-0.2, 0) is 0 Å². The van der Waals surface area contributed by atoms with Crippen molar-refractivity contribution in [2.24, 2.45) is 5.92 Å². The summed E-state index contributed by atoms with van der Waals surface area (Å²) in [6, 6.07) is 0. The number of rotatable bonds is 4. The van der Waals surface area contributed by atoms with Crippen molar-refractivity contribution < 1.29 is 5.11 Å². The second-order valence-electron chi connectivity index (χ2n) is 4.95. The molecule has 0 aromatic rings. The van der Waals surface area contributed by atoms with Crippen molar-refractivity contribution in [3.63, 3.8) is 0 Å². The molecule has 4 heteroatoms. The Kier molecular flexibility index (Phi) is 3.97. The minimum absolute atomic E-state index is 0.366. The summed E-state index contributed by atoms with van der Waals surface area (Å²) in [6.45, 7) is 9.80. The van der Waals surface area contributed by atoms with Gasteiger partial charge in [0.05, 0.1) is 0 Å². The Hall–Kier alpha value is -0.160. The lowest BCUT2D eigenvalue weighted by atomic mass is 10.0. The van der Waals surface area contributed by atoms with Crippen molar-refractivity contribution in [2.75, 3.05) is 66.0 Å². The van der Waals surface area contributed by atoms with Gasteiger partial charge in [-0.05, 0) is 7.05 Å². The summed E-state index contributed by atoms with van der Waals surface area (Å²) in [5.74, 6) is 0.553. The fourth-order valence-electron chi connectivity index (χ4n) is 2.33. The third kappa shape index (κ3) is 3.14. The zero-order valence-corrected chi connectivity index (χ0v) is 9.73. The summed E-state index contributed by atoms with van der Waals surface area (Å²) in [5, 5.41) is 8.91. The zero-order valence-electron chi connectivity index (χ0n) is 9.73. The molecule has 0 saturated carbocycles. The van der Waals surface area contributed by atoms with E-state index < -0.39 is 0 Å². The highest BCUT2D eigenvalue weighted by Gasteiger charge is 2.25. The van der Waals surface area contributed by atoms with E-state index in [1.165, 1.54) is 39.3 Å². The van der Waals surface area contributed by atoms with Gasteiger partial charge >= 0.3 is 0 Å². The number of hydrogen-bond acceptors (Lipinski definition) is 4. The summed E-state index contributed by atoms with van der Waals surface area (Å²) in [6.07, 6.45) is 0. The third-order valence-corrected chi connectivity index (χ3v) is 3.62. The van der Waals surface area contributed by atoms with Gasteiger partial charge in [-0.25, -0.2) is 0 Å². The van der Waals surface area contributed by atoms with Crippen molar-refractivity contribution in [1.82, 2.24) is 14.7 Å². The molecule has 0 aromatic heterocycles. The molecule has 0 aliphatic carbocycles. The van der Waals surface area contributed by atoms with E-state index in [-0.39, 0.29) is 0 Å². The predicted octanol–water partition coefficient (Wildman–Crippen LogP) is -0.842. The topological polar surface area (TPSA) is 30.0 Å². The van der Waals surface area contributed by atoms with E-state index in [4.69, 9.17) is 5.11 Å². The van der Waals surface area contributed by atoms with Crippen LogP contribution in [0.25, 0.3) is 0 Å². The summed E-state index contributed by atoms with van der Waals surface area (Å²) in [5.41, 5.74) is 0. The van der Waals surface area contributed by atoms with Crippen molar-refractivity contribution in [3.05, 3.63) is 0 Å². The fourth-order valence-corrected chi connectivity index (χ4v) is 2.33. The van der Waals surface area contributed by atoms with E-state index >= 15 is 0 Å². The average molecular weight is 213 g/mol. The van der Waals surface area contributed by atoms with Crippen LogP contribution in [0.3, 0.4) is 0 Å². The highest BCUT2D eigenvalue weighted by molar-refractivity contribution is 4.80. The molecule has 15 heavy (non-hydrogen) atoms. The second kappa shape index (κ2) is 5.25. The van der Waals surface area contributed by atoms with Gasteiger partial charge in [-0.2, -0.15) is 0 Å². The molecule has 2 heterocycles. The first kappa shape index (κ1) is 11.3. The number of nitrogens with zero attached hydrogens (tertiary/aromatic N) is 3. The van der Waals surface area contributed by atoms with Gasteiger partial charge in [0.15, 0.2) is 0 Å². The van der Waals surface area contributed by atoms with Crippen molar-refractivity contribution >= 4 is 0 Å². The quantitative estimate of drug-likeness (QED) is 0.659. The van der Waals surface area contributed by atoms with Crippen LogP contribution in [-0.4, -0.2) is 85.8 Å². The number of aliphatic hydroxyl groups is 1. The molecule has 2 rings (SSSR count). The molecule has 4 nitrogen and oxygen atoms in total. The number of likely N-dealkylation sites (tertiary alicyclic amines) is 1. The SMILES string of the molecule is CN1CCN(CCN2CC(CO)C2)CC1. The molecule has 0 aromatic carbocycles. The summed E-state index contributed by atoms with van der Waals surface area (Å²) in [7, 11) is 2.19. The Morgan fingerprint density at radius 2 is 1.60 bits per heavy atom. The van der Waals surface area contributed by atoms with Gasteiger partial charge in [-0.3, -0.25) is 4.90 Å². The predicted molar refractivity (Wildman–Crippen MR) is 61.0 cm³/mol. The van der Waals surface area contributed by atoms with Crippen LogP contribution in [0.4, 0.5) is 0 Å². The van der Waals surface area contributed by atoms with E-state index in [2.05, 4.69) is 21.7 Å². The average Bonchev–Trinajstić information content (AvgIpc) is 2.19. The monoisotopic (exact) mass is 213 g/mol. The summed E-state index contributed by atoms with van der Waals surface area (Å²) >= 11 is 0. The van der Waals surface area contributed by atoms with E-state index in [0.717, 1.165) is 13.1 Å². The molecule has 2 fully saturated rings. The van der Waals surface area contributed by atoms with E-state index in [1.807, 2.05) is 0 Å². The number of hydrogen-bond donors (Lipinski definition) is 1. The summed E-state index contributed by atoms with van der Waals surface area (Å²) < 4.78 is 0. The first-order valence-corrected chi connectivity index (χ1v) is 6.02. The lowest BCUT2D eigenvalue weighted by Crippen LogP contribution is -2.52. The maximum atomic E-state index is 8.91. The molecule has 2 aliphatic rings. The van der Waals surface area contributed by atoms with Crippen LogP contribution >= 0.6 is 0 Å². The first-order chi connectivity index (χ1) is 7.28. The molecule has 0 bridgehead atoms. The van der Waals surface area contributed by atoms with Crippen molar-refractivity contribution in [3.8, 4) is 0 Å². The molecule has 0 radical (unpaired) electrons. The van der Waals surface area contributed by atoms with Gasteiger partial charge in [0.2, 0.25) is 0 Å². The van der Waals surface area contributed by atoms with Gasteiger partial charge in [0, 0.05) is 64.9 Å². The molecule has 1 N–H and O–H groups in total. The zero-order chi connectivity index (χ0) is 10.7. The maximum Gasteiger partial charge on any atom is 0.0483 e. The van der Waals surface area contributed by atoms with E-state index in [9.17, 15) is 0 Å². The lowest BCUT2D eigenvalue weighted by molar-refractivity contribution is 0.0407. The van der Waals surface area contributed by atoms with Crippen LogP contribution < -0.4 is 0 Å². The van der Waals surface area contributed by atoms with E-state index in [1.54, 1.807) is 0 Å². The number of aliphatic hydroxyl groups excluding tert-OH is 1. The Balaban J connectivity index is 1.55. The fraction of sp³-hybridized carbons (Fsp3) is 1.00. The standard InChI is InChI=1S/C11H23N3O/c1-12-2-4-13(5-3-12)6-7-14-8-11(9-14)10-15/h11,15H,2-10H2,1H3. The third-order valence-electron chi connectivity index (χ3n) is 3.62. The number of piperazine rings is 1. The largest absolute Gasteiger partial charge is 0.396 e. The molecular formula is C11H23N3O. The lowest BCUT2D eigenvalue weighted by Gasteiger charge is -2.40. The van der Waals surface area contributed by atoms with Gasteiger partial charge in [0.1, 0.15) is 0 Å². The molecule has 2 aliphatic heterocycles. The minimum atomic E-state index is 0.366. The molecule has 0 spiro atoms. The minimum Gasteiger partial charge on any atom is -0.396 e. The van der Waals surface area contributed by atoms with Gasteiger partial charge in [0.25, 0.3) is 0 Å². The molecule has 2 saturated heterocycles. The highest BCUT2D eigenvalue weighted by Crippen LogP contribution is 2.13. The Bertz CT molecular complexity index is 186. The van der Waals surface area contributed by atoms with Crippen LogP contribution in [0.15, 0.2) is 0 Å². The normalized spacial score (nSPS) is 26.8. The smallest absolute Gasteiger partial charge is 0.0483 e. The van der Waals surface area contributed by atoms with Gasteiger partial charge in [-0.15, -0.1) is 0 Å². The molecule has 88 valence electrons. The number of likely N-dealkylation sites (N-methyl/N-ethyl adjacent to an activating group) is 1. The Morgan fingerprint density at radius 1 is 1.00 bits per heavy atom. The van der Waals surface area contributed by atoms with E-state index in [0.29, 0.717) is 12.5 Å². The molecule has 0 atom stereocenters.